The Balaban J connectivity index is 1.90. The molecule has 1 fully saturated rings. The van der Waals surface area contributed by atoms with E-state index in [1.807, 2.05) is 0 Å². The van der Waals surface area contributed by atoms with Crippen LogP contribution in [0.4, 0.5) is 16.2 Å². The van der Waals surface area contributed by atoms with Gasteiger partial charge in [-0.05, 0) is 35.5 Å². The number of non-ortho nitro benzene ring substituents is 1. The third kappa shape index (κ3) is 3.93. The second-order valence-electron chi connectivity index (χ2n) is 6.00. The average molecular weight is 431 g/mol. The molecule has 1 N–H and O–H groups in total. The Bertz CT molecular complexity index is 1100. The number of nitro benzene ring substituents is 2. The van der Waals surface area contributed by atoms with Crippen molar-refractivity contribution in [3.63, 3.8) is 0 Å². The number of amides is 2. The molecule has 0 spiro atoms. The summed E-state index contributed by atoms with van der Waals surface area (Å²) in [6.45, 7) is -0.110. The van der Waals surface area contributed by atoms with Gasteiger partial charge < -0.3 is 9.84 Å². The quantitative estimate of drug-likeness (QED) is 0.411. The Kier molecular flexibility index (Phi) is 5.69. The molecule has 11 nitrogen and oxygen atoms in total. The number of benzene rings is 2. The highest BCUT2D eigenvalue weighted by atomic mass is 32.2. The molecule has 0 radical (unpaired) electrons. The summed E-state index contributed by atoms with van der Waals surface area (Å²) in [7, 11) is 1.16. The Labute approximate surface area is 172 Å². The lowest BCUT2D eigenvalue weighted by Gasteiger charge is -2.12. The molecule has 1 saturated heterocycles. The van der Waals surface area contributed by atoms with Crippen molar-refractivity contribution < 1.29 is 29.3 Å². The van der Waals surface area contributed by atoms with Crippen LogP contribution in [0.15, 0.2) is 41.3 Å². The number of rotatable bonds is 6. The van der Waals surface area contributed by atoms with Crippen LogP contribution in [0.5, 0.6) is 11.5 Å². The van der Waals surface area contributed by atoms with Crippen LogP contribution >= 0.6 is 11.8 Å². The van der Waals surface area contributed by atoms with Crippen LogP contribution in [0, 0.1) is 20.2 Å². The van der Waals surface area contributed by atoms with Crippen LogP contribution in [-0.4, -0.2) is 38.1 Å². The molecule has 0 unspecified atom stereocenters. The molecule has 3 rings (SSSR count). The minimum Gasteiger partial charge on any atom is -0.504 e. The SMILES string of the molecule is COc1c(O)ccc(/C=C2\SC(=O)N(Cc3ccc([N+](=O)[O-])cc3)C2=O)c1[N+](=O)[O-]. The zero-order valence-electron chi connectivity index (χ0n) is 15.3. The molecule has 154 valence electrons. The fraction of sp³-hybridized carbons (Fsp3) is 0.111. The van der Waals surface area contributed by atoms with Crippen LogP contribution in [0.2, 0.25) is 0 Å². The minimum atomic E-state index is -0.758. The molecule has 1 aliphatic rings. The minimum absolute atomic E-state index is 0.0181. The highest BCUT2D eigenvalue weighted by Crippen LogP contribution is 2.41. The van der Waals surface area contributed by atoms with Crippen molar-refractivity contribution >= 4 is 40.4 Å². The molecule has 2 aromatic carbocycles. The van der Waals surface area contributed by atoms with Crippen molar-refractivity contribution in [2.75, 3.05) is 7.11 Å². The van der Waals surface area contributed by atoms with Crippen LogP contribution in [0.25, 0.3) is 6.08 Å². The third-order valence-corrected chi connectivity index (χ3v) is 5.08. The molecule has 30 heavy (non-hydrogen) atoms. The lowest BCUT2D eigenvalue weighted by atomic mass is 10.1. The van der Waals surface area contributed by atoms with Gasteiger partial charge in [0.2, 0.25) is 5.75 Å². The van der Waals surface area contributed by atoms with Gasteiger partial charge in [0.25, 0.3) is 16.8 Å². The molecule has 12 heteroatoms. The summed E-state index contributed by atoms with van der Waals surface area (Å²) in [6.07, 6.45) is 1.18. The zero-order valence-corrected chi connectivity index (χ0v) is 16.1. The third-order valence-electron chi connectivity index (χ3n) is 4.18. The second kappa shape index (κ2) is 8.21. The van der Waals surface area contributed by atoms with Gasteiger partial charge in [0.1, 0.15) is 0 Å². The van der Waals surface area contributed by atoms with Crippen molar-refractivity contribution in [2.45, 2.75) is 6.54 Å². The first-order chi connectivity index (χ1) is 14.2. The first kappa shape index (κ1) is 20.8. The Morgan fingerprint density at radius 3 is 2.33 bits per heavy atom. The van der Waals surface area contributed by atoms with Crippen molar-refractivity contribution in [3.05, 3.63) is 72.7 Å². The fourth-order valence-corrected chi connectivity index (χ4v) is 3.59. The average Bonchev–Trinajstić information content (AvgIpc) is 2.96. The van der Waals surface area contributed by atoms with E-state index in [0.29, 0.717) is 17.3 Å². The summed E-state index contributed by atoms with van der Waals surface area (Å²) < 4.78 is 4.88. The summed E-state index contributed by atoms with van der Waals surface area (Å²) in [5.74, 6) is -1.46. The number of aromatic hydroxyl groups is 1. The van der Waals surface area contributed by atoms with E-state index >= 15 is 0 Å². The molecule has 1 aliphatic heterocycles. The van der Waals surface area contributed by atoms with E-state index in [-0.39, 0.29) is 28.5 Å². The van der Waals surface area contributed by atoms with Gasteiger partial charge >= 0.3 is 5.69 Å². The number of nitrogens with zero attached hydrogens (tertiary/aromatic N) is 3. The van der Waals surface area contributed by atoms with Crippen LogP contribution < -0.4 is 4.74 Å². The maximum Gasteiger partial charge on any atom is 0.322 e. The zero-order chi connectivity index (χ0) is 22.0. The van der Waals surface area contributed by atoms with Crippen molar-refractivity contribution in [3.8, 4) is 11.5 Å². The van der Waals surface area contributed by atoms with E-state index in [1.165, 1.54) is 42.5 Å². The standard InChI is InChI=1S/C18H13N3O8S/c1-29-16-13(22)7-4-11(15(16)21(27)28)8-14-17(23)19(18(24)30-14)9-10-2-5-12(6-3-10)20(25)26/h2-8,22H,9H2,1H3/b14-8-. The number of carbonyl (C=O) groups is 2. The lowest BCUT2D eigenvalue weighted by molar-refractivity contribution is -0.386. The van der Waals surface area contributed by atoms with Gasteiger partial charge in [-0.25, -0.2) is 0 Å². The predicted molar refractivity (Wildman–Crippen MR) is 106 cm³/mol. The number of phenolic OH excluding ortho intramolecular Hbond substituents is 1. The Morgan fingerprint density at radius 2 is 1.77 bits per heavy atom. The topological polar surface area (TPSA) is 153 Å². The van der Waals surface area contributed by atoms with E-state index in [1.54, 1.807) is 0 Å². The number of hydrogen-bond acceptors (Lipinski definition) is 9. The molecule has 0 atom stereocenters. The smallest absolute Gasteiger partial charge is 0.322 e. The summed E-state index contributed by atoms with van der Waals surface area (Å²) >= 11 is 0.606. The number of carbonyl (C=O) groups excluding carboxylic acids is 2. The largest absolute Gasteiger partial charge is 0.504 e. The van der Waals surface area contributed by atoms with E-state index in [4.69, 9.17) is 4.74 Å². The highest BCUT2D eigenvalue weighted by molar-refractivity contribution is 8.18. The molecule has 2 aromatic rings. The number of imide groups is 1. The van der Waals surface area contributed by atoms with Crippen LogP contribution in [0.3, 0.4) is 0 Å². The number of thioether (sulfide) groups is 1. The molecule has 1 heterocycles. The maximum absolute atomic E-state index is 12.7. The van der Waals surface area contributed by atoms with Gasteiger partial charge in [-0.15, -0.1) is 0 Å². The molecule has 0 aromatic heterocycles. The summed E-state index contributed by atoms with van der Waals surface area (Å²) in [4.78, 5) is 46.7. The number of methoxy groups -OCH3 is 1. The molecule has 0 aliphatic carbocycles. The fourth-order valence-electron chi connectivity index (χ4n) is 2.76. The van der Waals surface area contributed by atoms with Gasteiger partial charge in [0.05, 0.1) is 34.0 Å². The second-order valence-corrected chi connectivity index (χ2v) is 7.00. The highest BCUT2D eigenvalue weighted by Gasteiger charge is 2.36. The summed E-state index contributed by atoms with van der Waals surface area (Å²) in [6, 6.07) is 7.80. The molecule has 0 bridgehead atoms. The van der Waals surface area contributed by atoms with E-state index in [9.17, 15) is 34.9 Å². The molecular weight excluding hydrogens is 418 g/mol. The number of ether oxygens (including phenoxy) is 1. The normalized spacial score (nSPS) is 15.0. The lowest BCUT2D eigenvalue weighted by Crippen LogP contribution is -2.27. The summed E-state index contributed by atoms with van der Waals surface area (Å²) in [5, 5.41) is 31.3. The van der Waals surface area contributed by atoms with Gasteiger partial charge in [0.15, 0.2) is 5.75 Å². The number of nitro groups is 2. The van der Waals surface area contributed by atoms with Crippen molar-refractivity contribution in [2.24, 2.45) is 0 Å². The van der Waals surface area contributed by atoms with Crippen LogP contribution in [-0.2, 0) is 11.3 Å². The van der Waals surface area contributed by atoms with Gasteiger partial charge in [0, 0.05) is 12.1 Å². The number of hydrogen-bond donors (Lipinski definition) is 1. The van der Waals surface area contributed by atoms with Crippen molar-refractivity contribution in [1.29, 1.82) is 0 Å². The van der Waals surface area contributed by atoms with Gasteiger partial charge in [-0.3, -0.25) is 34.7 Å². The molecular formula is C18H13N3O8S. The molecule has 0 saturated carbocycles. The first-order valence-electron chi connectivity index (χ1n) is 8.26. The Morgan fingerprint density at radius 1 is 1.10 bits per heavy atom. The summed E-state index contributed by atoms with van der Waals surface area (Å²) in [5.41, 5.74) is -0.182. The number of phenols is 1. The monoisotopic (exact) mass is 431 g/mol. The molecule has 2 amide bonds. The Hall–Kier alpha value is -3.93. The van der Waals surface area contributed by atoms with E-state index in [2.05, 4.69) is 0 Å². The maximum atomic E-state index is 12.7. The first-order valence-corrected chi connectivity index (χ1v) is 9.07. The van der Waals surface area contributed by atoms with E-state index < -0.39 is 32.4 Å². The van der Waals surface area contributed by atoms with Crippen LogP contribution in [0.1, 0.15) is 11.1 Å². The predicted octanol–water partition coefficient (Wildman–Crippen LogP) is 3.45. The van der Waals surface area contributed by atoms with E-state index in [0.717, 1.165) is 12.0 Å². The van der Waals surface area contributed by atoms with Crippen molar-refractivity contribution in [1.82, 2.24) is 4.90 Å². The van der Waals surface area contributed by atoms with Gasteiger partial charge in [-0.2, -0.15) is 0 Å². The van der Waals surface area contributed by atoms with Gasteiger partial charge in [-0.1, -0.05) is 12.1 Å².